The zero-order valence-corrected chi connectivity index (χ0v) is 17.6. The average molecular weight is 412 g/mol. The van der Waals surface area contributed by atoms with E-state index in [4.69, 9.17) is 4.74 Å². The number of aldehydes is 1. The van der Waals surface area contributed by atoms with Crippen LogP contribution in [-0.4, -0.2) is 59.9 Å². The Hall–Kier alpha value is -2.93. The minimum absolute atomic E-state index is 0.0944. The number of piperidine rings is 1. The Morgan fingerprint density at radius 2 is 1.80 bits per heavy atom. The van der Waals surface area contributed by atoms with Crippen molar-refractivity contribution < 1.29 is 19.1 Å². The molecule has 0 bridgehead atoms. The monoisotopic (exact) mass is 411 g/mol. The van der Waals surface area contributed by atoms with Gasteiger partial charge in [0.15, 0.2) is 6.29 Å². The number of esters is 1. The minimum Gasteiger partial charge on any atom is -0.467 e. The Kier molecular flexibility index (Phi) is 7.05. The number of ether oxygens (including phenoxy) is 1. The molecular weight excluding hydrogens is 382 g/mol. The van der Waals surface area contributed by atoms with Crippen LogP contribution in [-0.2, 0) is 20.9 Å². The van der Waals surface area contributed by atoms with Crippen LogP contribution in [0.4, 0.5) is 5.69 Å². The van der Waals surface area contributed by atoms with Crippen LogP contribution in [0.5, 0.6) is 0 Å². The molecule has 1 saturated heterocycles. The number of hydrogen-bond acceptors (Lipinski definition) is 5. The zero-order chi connectivity index (χ0) is 21.6. The third-order valence-corrected chi connectivity index (χ3v) is 5.89. The molecule has 7 heteroatoms. The second-order valence-corrected chi connectivity index (χ2v) is 7.53. The molecule has 1 aromatic heterocycles. The molecule has 3 rings (SSSR count). The van der Waals surface area contributed by atoms with Gasteiger partial charge in [-0.05, 0) is 37.1 Å². The molecule has 2 heterocycles. The molecule has 1 aliphatic heterocycles. The molecule has 7 nitrogen and oxygen atoms in total. The number of rotatable bonds is 8. The van der Waals surface area contributed by atoms with E-state index in [0.29, 0.717) is 50.3 Å². The summed E-state index contributed by atoms with van der Waals surface area (Å²) in [5.74, 6) is -0.468. The van der Waals surface area contributed by atoms with Crippen LogP contribution in [0.3, 0.4) is 0 Å². The van der Waals surface area contributed by atoms with Crippen molar-refractivity contribution in [2.24, 2.45) is 0 Å². The molecule has 160 valence electrons. The smallest absolute Gasteiger partial charge is 0.332 e. The highest BCUT2D eigenvalue weighted by atomic mass is 16.5. The highest BCUT2D eigenvalue weighted by molar-refractivity contribution is 6.02. The van der Waals surface area contributed by atoms with Crippen molar-refractivity contribution in [3.05, 3.63) is 54.4 Å². The summed E-state index contributed by atoms with van der Waals surface area (Å²) in [6, 6.07) is 13.0. The Morgan fingerprint density at radius 1 is 1.10 bits per heavy atom. The molecule has 0 N–H and O–H groups in total. The number of nitrogens with zero attached hydrogens (tertiary/aromatic N) is 3. The van der Waals surface area contributed by atoms with Gasteiger partial charge in [0.1, 0.15) is 5.54 Å². The van der Waals surface area contributed by atoms with Crippen LogP contribution < -0.4 is 4.90 Å². The molecule has 0 unspecified atom stereocenters. The van der Waals surface area contributed by atoms with Crippen molar-refractivity contribution in [2.75, 3.05) is 31.6 Å². The van der Waals surface area contributed by atoms with Crippen molar-refractivity contribution in [2.45, 2.75) is 38.3 Å². The largest absolute Gasteiger partial charge is 0.467 e. The molecule has 1 fully saturated rings. The number of hydrogen-bond donors (Lipinski definition) is 0. The molecule has 0 atom stereocenters. The van der Waals surface area contributed by atoms with Gasteiger partial charge >= 0.3 is 5.97 Å². The summed E-state index contributed by atoms with van der Waals surface area (Å²) in [5.41, 5.74) is 0.354. The minimum atomic E-state index is -1.01. The van der Waals surface area contributed by atoms with Crippen molar-refractivity contribution in [1.29, 1.82) is 0 Å². The number of likely N-dealkylation sites (tertiary alicyclic amines) is 1. The van der Waals surface area contributed by atoms with E-state index >= 15 is 0 Å². The first-order chi connectivity index (χ1) is 14.6. The lowest BCUT2D eigenvalue weighted by Gasteiger charge is -2.46. The lowest BCUT2D eigenvalue weighted by molar-refractivity contribution is -0.151. The Balaban J connectivity index is 1.79. The van der Waals surface area contributed by atoms with Gasteiger partial charge in [0.2, 0.25) is 5.91 Å². The lowest BCUT2D eigenvalue weighted by Crippen LogP contribution is -2.62. The van der Waals surface area contributed by atoms with E-state index in [1.165, 1.54) is 7.11 Å². The predicted octanol–water partition coefficient (Wildman–Crippen LogP) is 2.75. The van der Waals surface area contributed by atoms with Gasteiger partial charge in [-0.2, -0.15) is 0 Å². The number of carbonyl (C=O) groups is 3. The van der Waals surface area contributed by atoms with E-state index in [-0.39, 0.29) is 11.9 Å². The summed E-state index contributed by atoms with van der Waals surface area (Å²) in [6.45, 7) is 4.59. The van der Waals surface area contributed by atoms with Crippen LogP contribution >= 0.6 is 0 Å². The van der Waals surface area contributed by atoms with Crippen molar-refractivity contribution in [3.63, 3.8) is 0 Å². The average Bonchev–Trinajstić information content (AvgIpc) is 3.26. The number of aromatic nitrogens is 1. The van der Waals surface area contributed by atoms with E-state index in [2.05, 4.69) is 4.90 Å². The molecule has 0 spiro atoms. The number of para-hydroxylation sites is 1. The Bertz CT molecular complexity index is 870. The van der Waals surface area contributed by atoms with Crippen LogP contribution in [0, 0.1) is 0 Å². The van der Waals surface area contributed by atoms with E-state index in [1.807, 2.05) is 47.2 Å². The molecule has 0 saturated carbocycles. The van der Waals surface area contributed by atoms with Crippen LogP contribution in [0.25, 0.3) is 0 Å². The second kappa shape index (κ2) is 9.71. The molecule has 2 aromatic rings. The number of methoxy groups -OCH3 is 1. The quantitative estimate of drug-likeness (QED) is 0.493. The summed E-state index contributed by atoms with van der Waals surface area (Å²) in [5, 5.41) is 0. The molecule has 30 heavy (non-hydrogen) atoms. The third kappa shape index (κ3) is 4.31. The van der Waals surface area contributed by atoms with Gasteiger partial charge in [-0.1, -0.05) is 25.1 Å². The predicted molar refractivity (Wildman–Crippen MR) is 114 cm³/mol. The Labute approximate surface area is 177 Å². The molecule has 0 aliphatic carbocycles. The van der Waals surface area contributed by atoms with Crippen molar-refractivity contribution in [1.82, 2.24) is 9.47 Å². The Morgan fingerprint density at radius 3 is 2.40 bits per heavy atom. The van der Waals surface area contributed by atoms with Crippen molar-refractivity contribution in [3.8, 4) is 0 Å². The zero-order valence-electron chi connectivity index (χ0n) is 17.6. The van der Waals surface area contributed by atoms with Gasteiger partial charge in [0, 0.05) is 44.5 Å². The summed E-state index contributed by atoms with van der Waals surface area (Å²) in [6.07, 6.45) is 4.04. The normalized spacial score (nSPS) is 16.1. The second-order valence-electron chi connectivity index (χ2n) is 7.53. The molecule has 1 amide bonds. The first-order valence-corrected chi connectivity index (χ1v) is 10.3. The van der Waals surface area contributed by atoms with Crippen LogP contribution in [0.15, 0.2) is 48.7 Å². The van der Waals surface area contributed by atoms with Gasteiger partial charge in [-0.15, -0.1) is 0 Å². The van der Waals surface area contributed by atoms with Crippen LogP contribution in [0.2, 0.25) is 0 Å². The van der Waals surface area contributed by atoms with Crippen molar-refractivity contribution >= 4 is 23.9 Å². The molecule has 1 aliphatic rings. The van der Waals surface area contributed by atoms with Gasteiger partial charge in [0.05, 0.1) is 12.8 Å². The topological polar surface area (TPSA) is 71.8 Å². The maximum absolute atomic E-state index is 13.0. The van der Waals surface area contributed by atoms with E-state index in [0.717, 1.165) is 12.8 Å². The SMILES string of the molecule is CCC(=O)N(c1ccccc1)C1(C(=O)OC)CCN(CCn2cccc2C=O)CC1. The van der Waals surface area contributed by atoms with E-state index in [9.17, 15) is 14.4 Å². The maximum Gasteiger partial charge on any atom is 0.332 e. The standard InChI is InChI=1S/C23H29N3O4/c1-3-21(28)26(19-8-5-4-6-9-19)23(22(29)30-2)11-14-24(15-12-23)16-17-25-13-7-10-20(25)18-27/h4-10,13,18H,3,11-12,14-17H2,1-2H3. The summed E-state index contributed by atoms with van der Waals surface area (Å²) >= 11 is 0. The summed E-state index contributed by atoms with van der Waals surface area (Å²) in [4.78, 5) is 40.9. The van der Waals surface area contributed by atoms with Gasteiger partial charge in [0.25, 0.3) is 0 Å². The molecular formula is C23H29N3O4. The number of amides is 1. The van der Waals surface area contributed by atoms with Gasteiger partial charge < -0.3 is 14.2 Å². The van der Waals surface area contributed by atoms with E-state index in [1.54, 1.807) is 17.9 Å². The van der Waals surface area contributed by atoms with Gasteiger partial charge in [-0.3, -0.25) is 14.5 Å². The fourth-order valence-electron chi connectivity index (χ4n) is 4.21. The fourth-order valence-corrected chi connectivity index (χ4v) is 4.21. The third-order valence-electron chi connectivity index (χ3n) is 5.89. The fraction of sp³-hybridized carbons (Fsp3) is 0.435. The molecule has 0 radical (unpaired) electrons. The first kappa shape index (κ1) is 21.8. The summed E-state index contributed by atoms with van der Waals surface area (Å²) < 4.78 is 7.10. The maximum atomic E-state index is 13.0. The number of benzene rings is 1. The number of anilines is 1. The first-order valence-electron chi connectivity index (χ1n) is 10.3. The number of carbonyl (C=O) groups excluding carboxylic acids is 3. The van der Waals surface area contributed by atoms with Crippen LogP contribution in [0.1, 0.15) is 36.7 Å². The summed E-state index contributed by atoms with van der Waals surface area (Å²) in [7, 11) is 1.38. The molecule has 1 aromatic carbocycles. The highest BCUT2D eigenvalue weighted by Crippen LogP contribution is 2.35. The highest BCUT2D eigenvalue weighted by Gasteiger charge is 2.49. The van der Waals surface area contributed by atoms with E-state index < -0.39 is 5.54 Å². The lowest BCUT2D eigenvalue weighted by atomic mass is 9.84. The van der Waals surface area contributed by atoms with Gasteiger partial charge in [-0.25, -0.2) is 4.79 Å².